The van der Waals surface area contributed by atoms with Crippen LogP contribution in [0, 0.1) is 11.6 Å². The van der Waals surface area contributed by atoms with Gasteiger partial charge in [-0.2, -0.15) is 0 Å². The molecule has 0 aliphatic rings. The van der Waals surface area contributed by atoms with E-state index in [0.29, 0.717) is 12.1 Å². The van der Waals surface area contributed by atoms with Gasteiger partial charge in [-0.1, -0.05) is 35.9 Å². The Balaban J connectivity index is 2.58. The van der Waals surface area contributed by atoms with Crippen molar-refractivity contribution in [1.29, 1.82) is 0 Å². The lowest BCUT2D eigenvalue weighted by molar-refractivity contribution is 0.509. The second kappa shape index (κ2) is 5.46. The summed E-state index contributed by atoms with van der Waals surface area (Å²) in [5.41, 5.74) is 2.28. The minimum atomic E-state index is -0.935. The van der Waals surface area contributed by atoms with Gasteiger partial charge in [0.1, 0.15) is 0 Å². The van der Waals surface area contributed by atoms with Crippen molar-refractivity contribution in [2.24, 2.45) is 0 Å². The van der Waals surface area contributed by atoms with Gasteiger partial charge < -0.3 is 5.32 Å². The summed E-state index contributed by atoms with van der Waals surface area (Å²) in [5, 5.41) is 3.23. The van der Waals surface area contributed by atoms with E-state index in [4.69, 9.17) is 11.6 Å². The average Bonchev–Trinajstić information content (AvgIpc) is 2.35. The summed E-state index contributed by atoms with van der Waals surface area (Å²) in [6.07, 6.45) is 0. The topological polar surface area (TPSA) is 12.0 Å². The fourth-order valence-electron chi connectivity index (χ4n) is 1.86. The molecule has 0 aliphatic heterocycles. The zero-order chi connectivity index (χ0) is 13.1. The molecule has 94 valence electrons. The molecule has 1 N–H and O–H groups in total. The zero-order valence-electron chi connectivity index (χ0n) is 9.81. The lowest BCUT2D eigenvalue weighted by atomic mass is 9.99. The molecule has 0 spiro atoms. The van der Waals surface area contributed by atoms with Gasteiger partial charge in [0.25, 0.3) is 0 Å². The number of hydrogen-bond acceptors (Lipinski definition) is 1. The van der Waals surface area contributed by atoms with Crippen LogP contribution in [0.1, 0.15) is 5.56 Å². The van der Waals surface area contributed by atoms with Crippen molar-refractivity contribution in [3.05, 3.63) is 58.6 Å². The summed E-state index contributed by atoms with van der Waals surface area (Å²) in [4.78, 5) is 0. The molecule has 0 saturated carbocycles. The van der Waals surface area contributed by atoms with Crippen molar-refractivity contribution in [3.8, 4) is 11.1 Å². The normalized spacial score (nSPS) is 10.7. The summed E-state index contributed by atoms with van der Waals surface area (Å²) in [6.45, 7) is 0.630. The van der Waals surface area contributed by atoms with Crippen molar-refractivity contribution in [2.45, 2.75) is 6.54 Å². The highest BCUT2D eigenvalue weighted by atomic mass is 35.5. The molecular formula is C14H12ClF2N. The van der Waals surface area contributed by atoms with Crippen molar-refractivity contribution in [1.82, 2.24) is 5.32 Å². The van der Waals surface area contributed by atoms with E-state index >= 15 is 0 Å². The number of hydrogen-bond donors (Lipinski definition) is 1. The van der Waals surface area contributed by atoms with Crippen molar-refractivity contribution in [3.63, 3.8) is 0 Å². The smallest absolute Gasteiger partial charge is 0.160 e. The van der Waals surface area contributed by atoms with Gasteiger partial charge in [0.05, 0.1) is 5.02 Å². The molecule has 0 bridgehead atoms. The van der Waals surface area contributed by atoms with E-state index in [1.54, 1.807) is 0 Å². The Morgan fingerprint density at radius 1 is 1.06 bits per heavy atom. The molecule has 4 heteroatoms. The minimum absolute atomic E-state index is 0.206. The summed E-state index contributed by atoms with van der Waals surface area (Å²) >= 11 is 5.98. The maximum Gasteiger partial charge on any atom is 0.160 e. The second-order valence-corrected chi connectivity index (χ2v) is 4.34. The Labute approximate surface area is 109 Å². The number of nitrogens with one attached hydrogen (secondary N) is 1. The highest BCUT2D eigenvalue weighted by molar-refractivity contribution is 6.33. The third-order valence-corrected chi connectivity index (χ3v) is 3.00. The summed E-state index contributed by atoms with van der Waals surface area (Å²) in [6, 6.07) is 9.62. The third-order valence-electron chi connectivity index (χ3n) is 2.68. The largest absolute Gasteiger partial charge is 0.316 e. The molecule has 0 aromatic heterocycles. The monoisotopic (exact) mass is 267 g/mol. The molecule has 0 amide bonds. The molecule has 2 rings (SSSR count). The van der Waals surface area contributed by atoms with Crippen LogP contribution in [-0.4, -0.2) is 7.05 Å². The molecule has 1 nitrogen and oxygen atoms in total. The van der Waals surface area contributed by atoms with Crippen LogP contribution in [0.3, 0.4) is 0 Å². The third kappa shape index (κ3) is 2.52. The number of rotatable bonds is 3. The molecule has 0 fully saturated rings. The first kappa shape index (κ1) is 13.0. The average molecular weight is 268 g/mol. The van der Waals surface area contributed by atoms with E-state index in [0.717, 1.165) is 23.3 Å². The predicted molar refractivity (Wildman–Crippen MR) is 69.6 cm³/mol. The van der Waals surface area contributed by atoms with Crippen LogP contribution in [0.5, 0.6) is 0 Å². The maximum absolute atomic E-state index is 13.3. The van der Waals surface area contributed by atoms with Gasteiger partial charge in [-0.05, 0) is 30.3 Å². The quantitative estimate of drug-likeness (QED) is 0.829. The molecule has 0 unspecified atom stereocenters. The van der Waals surface area contributed by atoms with E-state index < -0.39 is 11.6 Å². The summed E-state index contributed by atoms with van der Waals surface area (Å²) in [7, 11) is 1.82. The van der Waals surface area contributed by atoms with Gasteiger partial charge in [0, 0.05) is 12.1 Å². The Morgan fingerprint density at radius 2 is 1.72 bits per heavy atom. The van der Waals surface area contributed by atoms with Gasteiger partial charge in [0.15, 0.2) is 11.6 Å². The van der Waals surface area contributed by atoms with Crippen molar-refractivity contribution >= 4 is 11.6 Å². The molecule has 0 saturated heterocycles. The maximum atomic E-state index is 13.3. The van der Waals surface area contributed by atoms with Crippen molar-refractivity contribution in [2.75, 3.05) is 7.05 Å². The Morgan fingerprint density at radius 3 is 2.44 bits per heavy atom. The number of benzene rings is 2. The molecule has 2 aromatic rings. The molecule has 18 heavy (non-hydrogen) atoms. The van der Waals surface area contributed by atoms with Crippen LogP contribution < -0.4 is 5.32 Å². The molecule has 2 aromatic carbocycles. The van der Waals surface area contributed by atoms with Gasteiger partial charge in [-0.15, -0.1) is 0 Å². The van der Waals surface area contributed by atoms with E-state index in [9.17, 15) is 8.78 Å². The Kier molecular flexibility index (Phi) is 3.94. The van der Waals surface area contributed by atoms with Gasteiger partial charge in [-0.25, -0.2) is 8.78 Å². The Bertz CT molecular complexity index is 570. The van der Waals surface area contributed by atoms with E-state index in [-0.39, 0.29) is 5.02 Å². The molecule has 0 aliphatic carbocycles. The first-order valence-corrected chi connectivity index (χ1v) is 5.88. The summed E-state index contributed by atoms with van der Waals surface area (Å²) in [5.74, 6) is -1.83. The van der Waals surface area contributed by atoms with Crippen LogP contribution in [0.25, 0.3) is 11.1 Å². The first-order chi connectivity index (χ1) is 8.63. The van der Waals surface area contributed by atoms with E-state index in [1.807, 2.05) is 31.3 Å². The lowest BCUT2D eigenvalue weighted by Gasteiger charge is -2.11. The fourth-order valence-corrected chi connectivity index (χ4v) is 2.11. The van der Waals surface area contributed by atoms with E-state index in [1.165, 1.54) is 0 Å². The Hall–Kier alpha value is -1.45. The van der Waals surface area contributed by atoms with Crippen LogP contribution in [0.4, 0.5) is 8.78 Å². The van der Waals surface area contributed by atoms with E-state index in [2.05, 4.69) is 5.32 Å². The lowest BCUT2D eigenvalue weighted by Crippen LogP contribution is -2.06. The molecular weight excluding hydrogens is 256 g/mol. The van der Waals surface area contributed by atoms with Crippen LogP contribution >= 0.6 is 11.6 Å². The van der Waals surface area contributed by atoms with Crippen LogP contribution in [-0.2, 0) is 6.54 Å². The second-order valence-electron chi connectivity index (χ2n) is 3.93. The molecule has 0 heterocycles. The number of halogens is 3. The van der Waals surface area contributed by atoms with Crippen LogP contribution in [0.15, 0.2) is 36.4 Å². The van der Waals surface area contributed by atoms with Gasteiger partial charge >= 0.3 is 0 Å². The minimum Gasteiger partial charge on any atom is -0.316 e. The highest BCUT2D eigenvalue weighted by Gasteiger charge is 2.12. The first-order valence-electron chi connectivity index (χ1n) is 5.51. The summed E-state index contributed by atoms with van der Waals surface area (Å²) < 4.78 is 26.4. The zero-order valence-corrected chi connectivity index (χ0v) is 10.6. The van der Waals surface area contributed by atoms with Crippen molar-refractivity contribution < 1.29 is 8.78 Å². The van der Waals surface area contributed by atoms with Gasteiger partial charge in [-0.3, -0.25) is 0 Å². The predicted octanol–water partition coefficient (Wildman–Crippen LogP) is 4.00. The molecule has 0 atom stereocenters. The van der Waals surface area contributed by atoms with Gasteiger partial charge in [0.2, 0.25) is 0 Å². The van der Waals surface area contributed by atoms with Crippen LogP contribution in [0.2, 0.25) is 5.02 Å². The highest BCUT2D eigenvalue weighted by Crippen LogP contribution is 2.32. The standard InChI is InChI=1S/C14H12ClF2N/c1-18-8-9-4-2-3-5-10(9)11-6-13(16)14(17)7-12(11)15/h2-7,18H,8H2,1H3. The SMILES string of the molecule is CNCc1ccccc1-c1cc(F)c(F)cc1Cl. The fraction of sp³-hybridized carbons (Fsp3) is 0.143. The molecule has 0 radical (unpaired) electrons.